The van der Waals surface area contributed by atoms with E-state index in [1.807, 2.05) is 18.2 Å². The highest BCUT2D eigenvalue weighted by atomic mass is 16.1. The lowest BCUT2D eigenvalue weighted by atomic mass is 10.1. The van der Waals surface area contributed by atoms with E-state index >= 15 is 0 Å². The molecule has 8 nitrogen and oxygen atoms in total. The van der Waals surface area contributed by atoms with Crippen molar-refractivity contribution in [3.8, 4) is 17.3 Å². The molecule has 4 rings (SSSR count). The average molecular weight is 343 g/mol. The van der Waals surface area contributed by atoms with Gasteiger partial charge in [-0.05, 0) is 18.2 Å². The molecule has 0 saturated heterocycles. The summed E-state index contributed by atoms with van der Waals surface area (Å²) in [7, 11) is 1.75. The standard InChI is InChI=1S/C18H13N7O/c1-25-10-13(9-22-25)18(26)24-17-6-16-12(8-21-17)5-15(23-16)11-2-3-20-14(4-11)7-19/h2-6,8-10,23H,1H3,(H,21,24,26). The summed E-state index contributed by atoms with van der Waals surface area (Å²) in [5.41, 5.74) is 3.34. The van der Waals surface area contributed by atoms with E-state index in [1.165, 1.54) is 6.20 Å². The molecule has 0 aliphatic rings. The molecule has 0 bridgehead atoms. The van der Waals surface area contributed by atoms with E-state index in [2.05, 4.69) is 25.4 Å². The molecule has 2 N–H and O–H groups in total. The number of nitrogens with zero attached hydrogens (tertiary/aromatic N) is 5. The largest absolute Gasteiger partial charge is 0.354 e. The minimum atomic E-state index is -0.274. The van der Waals surface area contributed by atoms with Gasteiger partial charge in [0, 0.05) is 48.3 Å². The second-order valence-electron chi connectivity index (χ2n) is 5.74. The predicted octanol–water partition coefficient (Wildman–Crippen LogP) is 2.48. The normalized spacial score (nSPS) is 10.6. The van der Waals surface area contributed by atoms with Crippen molar-refractivity contribution in [2.75, 3.05) is 5.32 Å². The minimum Gasteiger partial charge on any atom is -0.354 e. The monoisotopic (exact) mass is 343 g/mol. The van der Waals surface area contributed by atoms with E-state index in [-0.39, 0.29) is 5.91 Å². The molecule has 26 heavy (non-hydrogen) atoms. The van der Waals surface area contributed by atoms with Crippen LogP contribution in [0.5, 0.6) is 0 Å². The molecule has 0 radical (unpaired) electrons. The van der Waals surface area contributed by atoms with Gasteiger partial charge in [0.2, 0.25) is 0 Å². The van der Waals surface area contributed by atoms with Gasteiger partial charge in [-0.15, -0.1) is 0 Å². The molecule has 0 atom stereocenters. The molecular formula is C18H13N7O. The van der Waals surface area contributed by atoms with Crippen LogP contribution in [0, 0.1) is 11.3 Å². The third-order valence-corrected chi connectivity index (χ3v) is 3.90. The molecule has 0 saturated carbocycles. The fourth-order valence-corrected chi connectivity index (χ4v) is 2.64. The van der Waals surface area contributed by atoms with Crippen LogP contribution in [0.15, 0.2) is 49.1 Å². The van der Waals surface area contributed by atoms with Gasteiger partial charge >= 0.3 is 0 Å². The average Bonchev–Trinajstić information content (AvgIpc) is 3.27. The second kappa shape index (κ2) is 6.14. The first-order valence-electron chi connectivity index (χ1n) is 7.78. The van der Waals surface area contributed by atoms with Gasteiger partial charge in [0.1, 0.15) is 17.6 Å². The fourth-order valence-electron chi connectivity index (χ4n) is 2.64. The molecule has 8 heteroatoms. The van der Waals surface area contributed by atoms with Crippen LogP contribution in [0.3, 0.4) is 0 Å². The Kier molecular flexibility index (Phi) is 3.67. The topological polar surface area (TPSA) is 112 Å². The Morgan fingerprint density at radius 3 is 2.92 bits per heavy atom. The summed E-state index contributed by atoms with van der Waals surface area (Å²) in [6.45, 7) is 0. The SMILES string of the molecule is Cn1cc(C(=O)Nc2cc3[nH]c(-c4ccnc(C#N)c4)cc3cn2)cn1. The lowest BCUT2D eigenvalue weighted by Gasteiger charge is -2.02. The van der Waals surface area contributed by atoms with E-state index in [0.29, 0.717) is 17.1 Å². The zero-order valence-electron chi connectivity index (χ0n) is 13.8. The first kappa shape index (κ1) is 15.5. The summed E-state index contributed by atoms with van der Waals surface area (Å²) < 4.78 is 1.56. The van der Waals surface area contributed by atoms with Gasteiger partial charge in [0.25, 0.3) is 5.91 Å². The number of carbonyl (C=O) groups is 1. The first-order chi connectivity index (χ1) is 12.6. The van der Waals surface area contributed by atoms with E-state index in [4.69, 9.17) is 5.26 Å². The molecule has 0 unspecified atom stereocenters. The van der Waals surface area contributed by atoms with Crippen molar-refractivity contribution >= 4 is 22.6 Å². The summed E-state index contributed by atoms with van der Waals surface area (Å²) in [5.74, 6) is 0.164. The summed E-state index contributed by atoms with van der Waals surface area (Å²) in [4.78, 5) is 23.7. The number of nitriles is 1. The van der Waals surface area contributed by atoms with Gasteiger partial charge in [-0.1, -0.05) is 0 Å². The molecule has 0 fully saturated rings. The second-order valence-corrected chi connectivity index (χ2v) is 5.74. The maximum atomic E-state index is 12.2. The number of rotatable bonds is 3. The molecule has 4 aromatic heterocycles. The molecule has 126 valence electrons. The number of nitrogens with one attached hydrogen (secondary N) is 2. The molecule has 1 amide bonds. The smallest absolute Gasteiger partial charge is 0.260 e. The molecule has 0 aromatic carbocycles. The summed E-state index contributed by atoms with van der Waals surface area (Å²) in [6, 6.07) is 9.26. The van der Waals surface area contributed by atoms with Crippen molar-refractivity contribution in [3.63, 3.8) is 0 Å². The number of H-pyrrole nitrogens is 1. The van der Waals surface area contributed by atoms with Gasteiger partial charge < -0.3 is 10.3 Å². The Hall–Kier alpha value is -3.99. The maximum Gasteiger partial charge on any atom is 0.260 e. The molecule has 4 heterocycles. The highest BCUT2D eigenvalue weighted by molar-refractivity contribution is 6.04. The number of anilines is 1. The molecule has 0 aliphatic carbocycles. The molecule has 0 aliphatic heterocycles. The summed E-state index contributed by atoms with van der Waals surface area (Å²) in [5, 5.41) is 16.6. The minimum absolute atomic E-state index is 0.274. The number of aryl methyl sites for hydroxylation is 1. The number of pyridine rings is 2. The lowest BCUT2D eigenvalue weighted by molar-refractivity contribution is 0.102. The fraction of sp³-hybridized carbons (Fsp3) is 0.0556. The summed E-state index contributed by atoms with van der Waals surface area (Å²) >= 11 is 0. The summed E-state index contributed by atoms with van der Waals surface area (Å²) in [6.07, 6.45) is 6.41. The maximum absolute atomic E-state index is 12.2. The third kappa shape index (κ3) is 2.89. The van der Waals surface area contributed by atoms with E-state index in [1.54, 1.807) is 42.5 Å². The van der Waals surface area contributed by atoms with E-state index in [0.717, 1.165) is 22.2 Å². The lowest BCUT2D eigenvalue weighted by Crippen LogP contribution is -2.12. The number of fused-ring (bicyclic) bond motifs is 1. The predicted molar refractivity (Wildman–Crippen MR) is 95.2 cm³/mol. The van der Waals surface area contributed by atoms with Crippen LogP contribution >= 0.6 is 0 Å². The van der Waals surface area contributed by atoms with Gasteiger partial charge in [0.05, 0.1) is 17.3 Å². The zero-order chi connectivity index (χ0) is 18.1. The van der Waals surface area contributed by atoms with E-state index in [9.17, 15) is 4.79 Å². The van der Waals surface area contributed by atoms with Crippen LogP contribution in [0.2, 0.25) is 0 Å². The van der Waals surface area contributed by atoms with Crippen molar-refractivity contribution in [1.29, 1.82) is 5.26 Å². The number of hydrogen-bond acceptors (Lipinski definition) is 5. The van der Waals surface area contributed by atoms with Crippen LogP contribution in [-0.2, 0) is 7.05 Å². The van der Waals surface area contributed by atoms with Crippen molar-refractivity contribution in [2.24, 2.45) is 7.05 Å². The zero-order valence-corrected chi connectivity index (χ0v) is 13.8. The van der Waals surface area contributed by atoms with Crippen LogP contribution in [0.25, 0.3) is 22.2 Å². The van der Waals surface area contributed by atoms with Crippen molar-refractivity contribution in [1.82, 2.24) is 24.7 Å². The van der Waals surface area contributed by atoms with Crippen molar-refractivity contribution < 1.29 is 4.79 Å². The van der Waals surface area contributed by atoms with E-state index < -0.39 is 0 Å². The third-order valence-electron chi connectivity index (χ3n) is 3.90. The van der Waals surface area contributed by atoms with Crippen molar-refractivity contribution in [3.05, 3.63) is 60.3 Å². The number of aromatic amines is 1. The van der Waals surface area contributed by atoms with Crippen LogP contribution in [0.1, 0.15) is 16.1 Å². The Morgan fingerprint density at radius 1 is 1.27 bits per heavy atom. The molecular weight excluding hydrogens is 330 g/mol. The Balaban J connectivity index is 1.63. The van der Waals surface area contributed by atoms with Gasteiger partial charge in [0.15, 0.2) is 0 Å². The Bertz CT molecular complexity index is 1170. The number of hydrogen-bond donors (Lipinski definition) is 2. The van der Waals surface area contributed by atoms with Gasteiger partial charge in [-0.2, -0.15) is 10.4 Å². The highest BCUT2D eigenvalue weighted by Crippen LogP contribution is 2.25. The van der Waals surface area contributed by atoms with Gasteiger partial charge in [-0.3, -0.25) is 9.48 Å². The first-order valence-corrected chi connectivity index (χ1v) is 7.78. The quantitative estimate of drug-likeness (QED) is 0.593. The highest BCUT2D eigenvalue weighted by Gasteiger charge is 2.11. The molecule has 4 aromatic rings. The van der Waals surface area contributed by atoms with Crippen LogP contribution < -0.4 is 5.32 Å². The van der Waals surface area contributed by atoms with Crippen molar-refractivity contribution in [2.45, 2.75) is 0 Å². The Labute approximate surface area is 148 Å². The van der Waals surface area contributed by atoms with Gasteiger partial charge in [-0.25, -0.2) is 9.97 Å². The Morgan fingerprint density at radius 2 is 2.15 bits per heavy atom. The number of carbonyl (C=O) groups excluding carboxylic acids is 1. The molecule has 0 spiro atoms. The van der Waals surface area contributed by atoms with Crippen LogP contribution in [0.4, 0.5) is 5.82 Å². The van der Waals surface area contributed by atoms with Crippen LogP contribution in [-0.4, -0.2) is 30.6 Å². The number of aromatic nitrogens is 5. The number of amides is 1.